The first-order valence-corrected chi connectivity index (χ1v) is 14.3. The van der Waals surface area contributed by atoms with Gasteiger partial charge in [-0.05, 0) is 87.2 Å². The van der Waals surface area contributed by atoms with E-state index >= 15 is 0 Å². The SMILES string of the molecule is C[C@@H](Oc1cc(-c2ccc3c(c2)C2(CCN(C4CCCC4)CC2)C(=O)N3)cnc1N)c1c(Cl)ccc(F)c1Cl. The fraction of sp³-hybridized carbons (Fsp3) is 0.400. The lowest BCUT2D eigenvalue weighted by atomic mass is 9.73. The van der Waals surface area contributed by atoms with Gasteiger partial charge >= 0.3 is 0 Å². The predicted molar refractivity (Wildman–Crippen MR) is 153 cm³/mol. The number of halogens is 3. The molecule has 3 N–H and O–H groups in total. The average molecular weight is 570 g/mol. The fourth-order valence-corrected chi connectivity index (χ4v) is 7.18. The van der Waals surface area contributed by atoms with Gasteiger partial charge in [0.05, 0.1) is 10.4 Å². The van der Waals surface area contributed by atoms with Crippen LogP contribution in [0.2, 0.25) is 10.0 Å². The number of amides is 1. The number of anilines is 2. The molecule has 0 bridgehead atoms. The van der Waals surface area contributed by atoms with Crippen LogP contribution in [0.15, 0.2) is 42.6 Å². The summed E-state index contributed by atoms with van der Waals surface area (Å²) in [6, 6.07) is 11.2. The van der Waals surface area contributed by atoms with Gasteiger partial charge in [0, 0.05) is 34.1 Å². The topological polar surface area (TPSA) is 80.5 Å². The molecule has 1 atom stereocenters. The molecule has 1 spiro atoms. The van der Waals surface area contributed by atoms with Crippen molar-refractivity contribution < 1.29 is 13.9 Å². The monoisotopic (exact) mass is 568 g/mol. The molecule has 39 heavy (non-hydrogen) atoms. The number of nitrogens with two attached hydrogens (primary N) is 1. The number of pyridine rings is 1. The van der Waals surface area contributed by atoms with Gasteiger partial charge in [0.1, 0.15) is 11.9 Å². The summed E-state index contributed by atoms with van der Waals surface area (Å²) < 4.78 is 20.2. The zero-order valence-electron chi connectivity index (χ0n) is 21.8. The first kappa shape index (κ1) is 26.4. The van der Waals surface area contributed by atoms with Crippen LogP contribution in [0.3, 0.4) is 0 Å². The summed E-state index contributed by atoms with van der Waals surface area (Å²) in [5.74, 6) is 0.0576. The van der Waals surface area contributed by atoms with Gasteiger partial charge in [-0.15, -0.1) is 0 Å². The zero-order valence-corrected chi connectivity index (χ0v) is 23.3. The van der Waals surface area contributed by atoms with Crippen LogP contribution in [0.25, 0.3) is 11.1 Å². The highest BCUT2D eigenvalue weighted by molar-refractivity contribution is 6.36. The van der Waals surface area contributed by atoms with Crippen LogP contribution in [0.1, 0.15) is 62.7 Å². The zero-order chi connectivity index (χ0) is 27.3. The van der Waals surface area contributed by atoms with Gasteiger partial charge in [-0.25, -0.2) is 9.37 Å². The molecule has 1 amide bonds. The first-order valence-electron chi connectivity index (χ1n) is 13.5. The van der Waals surface area contributed by atoms with Crippen LogP contribution in [0, 0.1) is 5.82 Å². The summed E-state index contributed by atoms with van der Waals surface area (Å²) in [6.45, 7) is 3.60. The van der Waals surface area contributed by atoms with E-state index in [4.69, 9.17) is 33.7 Å². The molecule has 3 aliphatic rings. The summed E-state index contributed by atoms with van der Waals surface area (Å²) in [7, 11) is 0. The summed E-state index contributed by atoms with van der Waals surface area (Å²) in [4.78, 5) is 20.2. The molecule has 204 valence electrons. The maximum Gasteiger partial charge on any atom is 0.235 e. The molecule has 2 aliphatic heterocycles. The minimum Gasteiger partial charge on any atom is -0.482 e. The molecule has 0 unspecified atom stereocenters. The number of ether oxygens (including phenoxy) is 1. The fourth-order valence-electron chi connectivity index (χ4n) is 6.50. The number of hydrogen-bond donors (Lipinski definition) is 2. The second-order valence-corrected chi connectivity index (χ2v) is 11.7. The molecule has 2 aromatic carbocycles. The molecule has 6 nitrogen and oxygen atoms in total. The number of carbonyl (C=O) groups is 1. The van der Waals surface area contributed by atoms with E-state index in [1.165, 1.54) is 37.8 Å². The summed E-state index contributed by atoms with van der Waals surface area (Å²) in [6.07, 6.45) is 7.80. The molecule has 2 fully saturated rings. The van der Waals surface area contributed by atoms with E-state index in [-0.39, 0.29) is 16.7 Å². The number of piperidine rings is 1. The Labute approximate surface area is 237 Å². The van der Waals surface area contributed by atoms with Gasteiger partial charge in [0.15, 0.2) is 11.6 Å². The standard InChI is InChI=1S/C30H31Cl2FN4O2/c1-17(26-22(31)7-8-23(33)27(26)32)39-25-15-19(16-35-28(25)34)18-6-9-24-21(14-18)30(29(38)36-24)10-12-37(13-11-30)20-4-2-3-5-20/h6-9,14-17,20H,2-5,10-13H2,1H3,(H2,34,35)(H,36,38)/t17-/m1/s1. The van der Waals surface area contributed by atoms with Gasteiger partial charge < -0.3 is 20.7 Å². The Morgan fingerprint density at radius 2 is 1.87 bits per heavy atom. The van der Waals surface area contributed by atoms with E-state index in [0.717, 1.165) is 48.3 Å². The van der Waals surface area contributed by atoms with Crippen molar-refractivity contribution in [3.63, 3.8) is 0 Å². The molecule has 1 aliphatic carbocycles. The van der Waals surface area contributed by atoms with Crippen molar-refractivity contribution >= 4 is 40.6 Å². The van der Waals surface area contributed by atoms with E-state index < -0.39 is 17.3 Å². The minimum atomic E-state index is -0.671. The number of nitrogens with zero attached hydrogens (tertiary/aromatic N) is 2. The molecule has 1 saturated carbocycles. The predicted octanol–water partition coefficient (Wildman–Crippen LogP) is 7.15. The Kier molecular flexibility index (Phi) is 6.94. The number of likely N-dealkylation sites (tertiary alicyclic amines) is 1. The van der Waals surface area contributed by atoms with Crippen molar-refractivity contribution in [1.29, 1.82) is 0 Å². The van der Waals surface area contributed by atoms with Crippen molar-refractivity contribution in [1.82, 2.24) is 9.88 Å². The van der Waals surface area contributed by atoms with Crippen molar-refractivity contribution in [2.75, 3.05) is 24.1 Å². The number of fused-ring (bicyclic) bond motifs is 2. The van der Waals surface area contributed by atoms with Crippen LogP contribution >= 0.6 is 23.2 Å². The number of nitrogen functional groups attached to an aromatic ring is 1. The lowest BCUT2D eigenvalue weighted by Gasteiger charge is -2.40. The van der Waals surface area contributed by atoms with Gasteiger partial charge in [0.25, 0.3) is 0 Å². The maximum absolute atomic E-state index is 14.1. The lowest BCUT2D eigenvalue weighted by Crippen LogP contribution is -2.49. The number of aromatic nitrogens is 1. The highest BCUT2D eigenvalue weighted by Gasteiger charge is 2.49. The van der Waals surface area contributed by atoms with Gasteiger partial charge in [-0.2, -0.15) is 0 Å². The Hall–Kier alpha value is -2.87. The summed E-state index contributed by atoms with van der Waals surface area (Å²) >= 11 is 12.5. The molecule has 3 heterocycles. The van der Waals surface area contributed by atoms with E-state index in [9.17, 15) is 9.18 Å². The van der Waals surface area contributed by atoms with Crippen LogP contribution in [0.4, 0.5) is 15.9 Å². The Bertz CT molecular complexity index is 1430. The third kappa shape index (κ3) is 4.64. The first-order chi connectivity index (χ1) is 18.8. The second-order valence-electron chi connectivity index (χ2n) is 10.9. The van der Waals surface area contributed by atoms with E-state index in [0.29, 0.717) is 22.4 Å². The quantitative estimate of drug-likeness (QED) is 0.319. The van der Waals surface area contributed by atoms with E-state index in [2.05, 4.69) is 21.3 Å². The normalized spacial score (nSPS) is 19.7. The van der Waals surface area contributed by atoms with Gasteiger partial charge in [-0.3, -0.25) is 4.79 Å². The molecule has 3 aromatic rings. The molecule has 0 radical (unpaired) electrons. The van der Waals surface area contributed by atoms with E-state index in [1.807, 2.05) is 12.1 Å². The Morgan fingerprint density at radius 1 is 1.13 bits per heavy atom. The number of nitrogens with one attached hydrogen (secondary N) is 1. The third-order valence-corrected chi connectivity index (χ3v) is 9.43. The van der Waals surface area contributed by atoms with Crippen molar-refractivity contribution in [2.45, 2.75) is 63.0 Å². The average Bonchev–Trinajstić information content (AvgIpc) is 3.56. The van der Waals surface area contributed by atoms with Crippen LogP contribution < -0.4 is 15.8 Å². The van der Waals surface area contributed by atoms with Crippen molar-refractivity contribution in [3.8, 4) is 16.9 Å². The van der Waals surface area contributed by atoms with Crippen molar-refractivity contribution in [2.24, 2.45) is 0 Å². The molecule has 6 rings (SSSR count). The number of rotatable bonds is 5. The highest BCUT2D eigenvalue weighted by atomic mass is 35.5. The largest absolute Gasteiger partial charge is 0.482 e. The third-order valence-electron chi connectivity index (χ3n) is 8.72. The Balaban J connectivity index is 1.27. The summed E-state index contributed by atoms with van der Waals surface area (Å²) in [5.41, 5.74) is 9.61. The van der Waals surface area contributed by atoms with Gasteiger partial charge in [-0.1, -0.05) is 42.1 Å². The molecule has 1 aromatic heterocycles. The number of hydrogen-bond acceptors (Lipinski definition) is 5. The van der Waals surface area contributed by atoms with Gasteiger partial charge in [0.2, 0.25) is 5.91 Å². The number of benzene rings is 2. The second kappa shape index (κ2) is 10.3. The van der Waals surface area contributed by atoms with Crippen LogP contribution in [0.5, 0.6) is 5.75 Å². The molecular weight excluding hydrogens is 538 g/mol. The molecular formula is C30H31Cl2FN4O2. The lowest BCUT2D eigenvalue weighted by molar-refractivity contribution is -0.122. The molecule has 9 heteroatoms. The number of carbonyl (C=O) groups excluding carboxylic acids is 1. The molecule has 1 saturated heterocycles. The van der Waals surface area contributed by atoms with Crippen LogP contribution in [-0.2, 0) is 10.2 Å². The van der Waals surface area contributed by atoms with E-state index in [1.54, 1.807) is 19.2 Å². The Morgan fingerprint density at radius 3 is 2.62 bits per heavy atom. The summed E-state index contributed by atoms with van der Waals surface area (Å²) in [5, 5.41) is 3.34. The van der Waals surface area contributed by atoms with Crippen molar-refractivity contribution in [3.05, 3.63) is 69.6 Å². The minimum absolute atomic E-state index is 0.0854. The highest BCUT2D eigenvalue weighted by Crippen LogP contribution is 2.47. The van der Waals surface area contributed by atoms with Crippen LogP contribution in [-0.4, -0.2) is 34.9 Å². The maximum atomic E-state index is 14.1. The smallest absolute Gasteiger partial charge is 0.235 e.